The van der Waals surface area contributed by atoms with Crippen LogP contribution >= 0.6 is 0 Å². The smallest absolute Gasteiger partial charge is 0.257 e. The van der Waals surface area contributed by atoms with E-state index < -0.39 is 0 Å². The SMILES string of the molecule is CC(C)c1cccc(NC(=O)c2ccc3c(c2)N(C)C2CCCCN2C3=O)c1. The molecule has 0 radical (unpaired) electrons. The number of carbonyl (C=O) groups excluding carboxylic acids is 2. The molecule has 2 aromatic rings. The van der Waals surface area contributed by atoms with Crippen LogP contribution in [0.25, 0.3) is 0 Å². The Hall–Kier alpha value is -2.82. The van der Waals surface area contributed by atoms with E-state index in [9.17, 15) is 9.59 Å². The first kappa shape index (κ1) is 18.5. The maximum atomic E-state index is 12.9. The maximum Gasteiger partial charge on any atom is 0.257 e. The summed E-state index contributed by atoms with van der Waals surface area (Å²) in [5, 5.41) is 2.99. The molecule has 2 heterocycles. The number of benzene rings is 2. The van der Waals surface area contributed by atoms with E-state index in [-0.39, 0.29) is 18.0 Å². The van der Waals surface area contributed by atoms with Crippen LogP contribution in [-0.4, -0.2) is 36.5 Å². The average Bonchev–Trinajstić information content (AvgIpc) is 2.71. The molecule has 2 aliphatic rings. The van der Waals surface area contributed by atoms with Crippen LogP contribution in [0.3, 0.4) is 0 Å². The van der Waals surface area contributed by atoms with Crippen LogP contribution in [0.1, 0.15) is 65.3 Å². The molecular weight excluding hydrogens is 350 g/mol. The van der Waals surface area contributed by atoms with Crippen LogP contribution < -0.4 is 10.2 Å². The lowest BCUT2D eigenvalue weighted by molar-refractivity contribution is 0.0589. The van der Waals surface area contributed by atoms with Gasteiger partial charge in [-0.1, -0.05) is 26.0 Å². The second kappa shape index (κ2) is 7.30. The van der Waals surface area contributed by atoms with Crippen LogP contribution in [0.15, 0.2) is 42.5 Å². The number of fused-ring (bicyclic) bond motifs is 2. The fraction of sp³-hybridized carbons (Fsp3) is 0.391. The number of carbonyl (C=O) groups is 2. The quantitative estimate of drug-likeness (QED) is 0.859. The molecule has 1 saturated heterocycles. The Morgan fingerprint density at radius 3 is 2.75 bits per heavy atom. The number of nitrogens with one attached hydrogen (secondary N) is 1. The lowest BCUT2D eigenvalue weighted by Gasteiger charge is -2.46. The standard InChI is InChI=1S/C23H27N3O2/c1-15(2)16-7-6-8-18(13-16)24-22(27)17-10-11-19-20(14-17)25(3)21-9-4-5-12-26(21)23(19)28/h6-8,10-11,13-15,21H,4-5,9,12H2,1-3H3,(H,24,27). The fourth-order valence-electron chi connectivity index (χ4n) is 4.19. The summed E-state index contributed by atoms with van der Waals surface area (Å²) >= 11 is 0. The number of anilines is 2. The van der Waals surface area contributed by atoms with Crippen molar-refractivity contribution >= 4 is 23.2 Å². The summed E-state index contributed by atoms with van der Waals surface area (Å²) < 4.78 is 0. The van der Waals surface area contributed by atoms with Crippen LogP contribution in [0, 0.1) is 0 Å². The van der Waals surface area contributed by atoms with Gasteiger partial charge in [0.05, 0.1) is 11.3 Å². The largest absolute Gasteiger partial charge is 0.354 e. The predicted octanol–water partition coefficient (Wildman–Crippen LogP) is 4.46. The highest BCUT2D eigenvalue weighted by atomic mass is 16.2. The summed E-state index contributed by atoms with van der Waals surface area (Å²) in [4.78, 5) is 29.8. The molecule has 1 N–H and O–H groups in total. The van der Waals surface area contributed by atoms with Gasteiger partial charge in [-0.25, -0.2) is 0 Å². The summed E-state index contributed by atoms with van der Waals surface area (Å²) in [6, 6.07) is 13.3. The maximum absolute atomic E-state index is 12.9. The van der Waals surface area contributed by atoms with E-state index in [1.165, 1.54) is 5.56 Å². The number of hydrogen-bond donors (Lipinski definition) is 1. The van der Waals surface area contributed by atoms with Gasteiger partial charge in [0, 0.05) is 24.8 Å². The Labute approximate surface area is 166 Å². The van der Waals surface area contributed by atoms with E-state index >= 15 is 0 Å². The highest BCUT2D eigenvalue weighted by Crippen LogP contribution is 2.35. The van der Waals surface area contributed by atoms with Gasteiger partial charge in [0.15, 0.2) is 0 Å². The summed E-state index contributed by atoms with van der Waals surface area (Å²) in [5.41, 5.74) is 4.07. The lowest BCUT2D eigenvalue weighted by Crippen LogP contribution is -2.55. The van der Waals surface area contributed by atoms with Crippen molar-refractivity contribution in [3.05, 3.63) is 59.2 Å². The molecule has 1 unspecified atom stereocenters. The first-order chi connectivity index (χ1) is 13.5. The molecule has 2 aromatic carbocycles. The number of rotatable bonds is 3. The molecule has 5 nitrogen and oxygen atoms in total. The summed E-state index contributed by atoms with van der Waals surface area (Å²) in [5.74, 6) is 0.323. The topological polar surface area (TPSA) is 52.7 Å². The van der Waals surface area contributed by atoms with E-state index in [1.807, 2.05) is 36.2 Å². The number of nitrogens with zero attached hydrogens (tertiary/aromatic N) is 2. The van der Waals surface area contributed by atoms with Gasteiger partial charge in [0.1, 0.15) is 6.17 Å². The van der Waals surface area contributed by atoms with Gasteiger partial charge in [-0.2, -0.15) is 0 Å². The summed E-state index contributed by atoms with van der Waals surface area (Å²) in [7, 11) is 2.02. The first-order valence-electron chi connectivity index (χ1n) is 10.0. The van der Waals surface area contributed by atoms with Crippen LogP contribution in [0.2, 0.25) is 0 Å². The van der Waals surface area contributed by atoms with Gasteiger partial charge in [0.25, 0.3) is 11.8 Å². The van der Waals surface area contributed by atoms with Crippen molar-refractivity contribution in [2.45, 2.75) is 45.2 Å². The average molecular weight is 377 g/mol. The summed E-state index contributed by atoms with van der Waals surface area (Å²) in [6.45, 7) is 5.07. The Balaban J connectivity index is 1.60. The van der Waals surface area contributed by atoms with Crippen molar-refractivity contribution in [1.82, 2.24) is 4.90 Å². The van der Waals surface area contributed by atoms with Crippen molar-refractivity contribution < 1.29 is 9.59 Å². The molecule has 2 amide bonds. The Kier molecular flexibility index (Phi) is 4.84. The minimum absolute atomic E-state index is 0.0781. The van der Waals surface area contributed by atoms with E-state index in [0.29, 0.717) is 17.0 Å². The van der Waals surface area contributed by atoms with Gasteiger partial charge >= 0.3 is 0 Å². The second-order valence-corrected chi connectivity index (χ2v) is 8.05. The third kappa shape index (κ3) is 3.26. The number of hydrogen-bond acceptors (Lipinski definition) is 3. The first-order valence-corrected chi connectivity index (χ1v) is 10.0. The minimum atomic E-state index is -0.157. The van der Waals surface area contributed by atoms with Gasteiger partial charge in [-0.05, 0) is 61.1 Å². The zero-order valence-corrected chi connectivity index (χ0v) is 16.7. The molecule has 5 heteroatoms. The molecule has 146 valence electrons. The predicted molar refractivity (Wildman–Crippen MR) is 112 cm³/mol. The van der Waals surface area contributed by atoms with Crippen molar-refractivity contribution in [3.8, 4) is 0 Å². The minimum Gasteiger partial charge on any atom is -0.354 e. The van der Waals surface area contributed by atoms with E-state index in [4.69, 9.17) is 0 Å². The molecule has 1 atom stereocenters. The third-order valence-electron chi connectivity index (χ3n) is 5.86. The zero-order valence-electron chi connectivity index (χ0n) is 16.7. The second-order valence-electron chi connectivity index (χ2n) is 8.05. The fourth-order valence-corrected chi connectivity index (χ4v) is 4.19. The molecule has 0 aliphatic carbocycles. The zero-order chi connectivity index (χ0) is 19.8. The van der Waals surface area contributed by atoms with Crippen LogP contribution in [0.5, 0.6) is 0 Å². The molecule has 2 aliphatic heterocycles. The Bertz CT molecular complexity index is 922. The van der Waals surface area contributed by atoms with E-state index in [1.54, 1.807) is 12.1 Å². The molecule has 1 fully saturated rings. The number of piperidine rings is 1. The van der Waals surface area contributed by atoms with E-state index in [2.05, 4.69) is 30.1 Å². The normalized spacial score (nSPS) is 18.7. The van der Waals surface area contributed by atoms with Gasteiger partial charge < -0.3 is 15.1 Å². The molecule has 0 aromatic heterocycles. The van der Waals surface area contributed by atoms with Crippen molar-refractivity contribution in [1.29, 1.82) is 0 Å². The van der Waals surface area contributed by atoms with Gasteiger partial charge in [-0.3, -0.25) is 9.59 Å². The molecule has 0 saturated carbocycles. The highest BCUT2D eigenvalue weighted by Gasteiger charge is 2.37. The Morgan fingerprint density at radius 1 is 1.14 bits per heavy atom. The Morgan fingerprint density at radius 2 is 1.96 bits per heavy atom. The van der Waals surface area contributed by atoms with Crippen molar-refractivity contribution in [2.75, 3.05) is 23.8 Å². The van der Waals surface area contributed by atoms with Gasteiger partial charge in [-0.15, -0.1) is 0 Å². The summed E-state index contributed by atoms with van der Waals surface area (Å²) in [6.07, 6.45) is 3.25. The van der Waals surface area contributed by atoms with Crippen molar-refractivity contribution in [3.63, 3.8) is 0 Å². The van der Waals surface area contributed by atoms with Crippen molar-refractivity contribution in [2.24, 2.45) is 0 Å². The van der Waals surface area contributed by atoms with Crippen LogP contribution in [-0.2, 0) is 0 Å². The molecule has 4 rings (SSSR count). The molecular formula is C23H27N3O2. The lowest BCUT2D eigenvalue weighted by atomic mass is 9.97. The van der Waals surface area contributed by atoms with Crippen LogP contribution in [0.4, 0.5) is 11.4 Å². The molecule has 28 heavy (non-hydrogen) atoms. The molecule has 0 bridgehead atoms. The monoisotopic (exact) mass is 377 g/mol. The molecule has 0 spiro atoms. The third-order valence-corrected chi connectivity index (χ3v) is 5.86. The van der Waals surface area contributed by atoms with E-state index in [0.717, 1.165) is 37.2 Å². The highest BCUT2D eigenvalue weighted by molar-refractivity contribution is 6.08. The number of amides is 2. The van der Waals surface area contributed by atoms with Gasteiger partial charge in [0.2, 0.25) is 0 Å².